The molecule has 1 atom stereocenters. The molecule has 76 valence electrons. The van der Waals surface area contributed by atoms with Crippen molar-refractivity contribution in [3.63, 3.8) is 0 Å². The summed E-state index contributed by atoms with van der Waals surface area (Å²) in [5.74, 6) is 0.347. The minimum atomic E-state index is -3.25. The van der Waals surface area contributed by atoms with Crippen LogP contribution in [-0.4, -0.2) is 26.1 Å². The maximum Gasteiger partial charge on any atom is 0.211 e. The van der Waals surface area contributed by atoms with E-state index in [1.165, 1.54) is 0 Å². The van der Waals surface area contributed by atoms with Gasteiger partial charge in [-0.05, 0) is 13.3 Å². The fourth-order valence-electron chi connectivity index (χ4n) is 0.789. The average molecular weight is 225 g/mol. The van der Waals surface area contributed by atoms with E-state index < -0.39 is 10.0 Å². The van der Waals surface area contributed by atoms with Crippen LogP contribution in [0.15, 0.2) is 0 Å². The van der Waals surface area contributed by atoms with Gasteiger partial charge in [-0.3, -0.25) is 0 Å². The molecule has 0 aromatic rings. The third-order valence-corrected chi connectivity index (χ3v) is 3.18. The summed E-state index contributed by atoms with van der Waals surface area (Å²) < 4.78 is 24.8. The number of alkyl halides is 1. The zero-order valence-corrected chi connectivity index (χ0v) is 9.03. The highest BCUT2D eigenvalue weighted by molar-refractivity contribution is 7.89. The lowest BCUT2D eigenvalue weighted by Crippen LogP contribution is -2.34. The van der Waals surface area contributed by atoms with Crippen molar-refractivity contribution >= 4 is 21.6 Å². The van der Waals surface area contributed by atoms with E-state index in [0.29, 0.717) is 12.3 Å². The molecule has 1 N–H and O–H groups in total. The minimum absolute atomic E-state index is 0.0201. The Morgan fingerprint density at radius 3 is 2.69 bits per heavy atom. The number of nitriles is 1. The highest BCUT2D eigenvalue weighted by Gasteiger charge is 2.13. The van der Waals surface area contributed by atoms with E-state index >= 15 is 0 Å². The number of hydrogen-bond acceptors (Lipinski definition) is 3. The predicted octanol–water partition coefficient (Wildman–Crippen LogP) is 0.837. The molecule has 0 radical (unpaired) electrons. The van der Waals surface area contributed by atoms with E-state index in [-0.39, 0.29) is 18.2 Å². The zero-order valence-electron chi connectivity index (χ0n) is 7.46. The third kappa shape index (κ3) is 6.82. The molecule has 0 aromatic carbocycles. The van der Waals surface area contributed by atoms with Gasteiger partial charge in [0.2, 0.25) is 10.0 Å². The Morgan fingerprint density at radius 1 is 1.62 bits per heavy atom. The van der Waals surface area contributed by atoms with Gasteiger partial charge < -0.3 is 0 Å². The molecule has 0 saturated heterocycles. The molecule has 0 bridgehead atoms. The Kier molecular flexibility index (Phi) is 6.04. The van der Waals surface area contributed by atoms with Crippen LogP contribution >= 0.6 is 11.6 Å². The van der Waals surface area contributed by atoms with Gasteiger partial charge in [0.15, 0.2) is 0 Å². The summed E-state index contributed by atoms with van der Waals surface area (Å²) in [5.41, 5.74) is 0. The summed E-state index contributed by atoms with van der Waals surface area (Å²) >= 11 is 5.36. The van der Waals surface area contributed by atoms with E-state index in [2.05, 4.69) is 4.72 Å². The standard InChI is InChI=1S/C7H13ClN2O2S/c1-7(3-5-9)10-13(11,12)6-2-4-8/h7,10H,2-4,6H2,1H3. The SMILES string of the molecule is CC(CC#N)NS(=O)(=O)CCCCl. The lowest BCUT2D eigenvalue weighted by atomic mass is 10.3. The fourth-order valence-corrected chi connectivity index (χ4v) is 2.42. The molecule has 0 aliphatic rings. The molecule has 6 heteroatoms. The van der Waals surface area contributed by atoms with Crippen molar-refractivity contribution in [1.82, 2.24) is 4.72 Å². The van der Waals surface area contributed by atoms with E-state index in [9.17, 15) is 8.42 Å². The monoisotopic (exact) mass is 224 g/mol. The normalized spacial score (nSPS) is 13.6. The van der Waals surface area contributed by atoms with Crippen molar-refractivity contribution in [2.75, 3.05) is 11.6 Å². The summed E-state index contributed by atoms with van der Waals surface area (Å²) in [7, 11) is -3.25. The lowest BCUT2D eigenvalue weighted by molar-refractivity contribution is 0.562. The molecule has 0 aromatic heterocycles. The number of sulfonamides is 1. The van der Waals surface area contributed by atoms with Crippen LogP contribution in [0.3, 0.4) is 0 Å². The fraction of sp³-hybridized carbons (Fsp3) is 0.857. The molecule has 0 spiro atoms. The molecular formula is C7H13ClN2O2S. The highest BCUT2D eigenvalue weighted by atomic mass is 35.5. The molecule has 0 rings (SSSR count). The van der Waals surface area contributed by atoms with Crippen molar-refractivity contribution in [2.24, 2.45) is 0 Å². The Hall–Kier alpha value is -0.310. The van der Waals surface area contributed by atoms with Crippen LogP contribution in [0.1, 0.15) is 19.8 Å². The topological polar surface area (TPSA) is 70.0 Å². The van der Waals surface area contributed by atoms with Crippen molar-refractivity contribution in [1.29, 1.82) is 5.26 Å². The van der Waals surface area contributed by atoms with Crippen molar-refractivity contribution < 1.29 is 8.42 Å². The van der Waals surface area contributed by atoms with Crippen LogP contribution in [0.25, 0.3) is 0 Å². The molecule has 0 heterocycles. The molecule has 0 saturated carbocycles. The second kappa shape index (κ2) is 6.19. The molecule has 13 heavy (non-hydrogen) atoms. The Balaban J connectivity index is 3.96. The van der Waals surface area contributed by atoms with E-state index in [1.54, 1.807) is 6.92 Å². The van der Waals surface area contributed by atoms with Crippen molar-refractivity contribution in [2.45, 2.75) is 25.8 Å². The van der Waals surface area contributed by atoms with Gasteiger partial charge in [-0.1, -0.05) is 0 Å². The molecule has 0 aliphatic heterocycles. The Bertz CT molecular complexity index is 271. The van der Waals surface area contributed by atoms with E-state index in [4.69, 9.17) is 16.9 Å². The third-order valence-electron chi connectivity index (χ3n) is 1.32. The number of hydrogen-bond donors (Lipinski definition) is 1. The first-order chi connectivity index (χ1) is 6.02. The lowest BCUT2D eigenvalue weighted by Gasteiger charge is -2.09. The van der Waals surface area contributed by atoms with E-state index in [0.717, 1.165) is 0 Å². The largest absolute Gasteiger partial charge is 0.212 e. The number of halogens is 1. The number of nitrogens with zero attached hydrogens (tertiary/aromatic N) is 1. The van der Waals surface area contributed by atoms with E-state index in [1.807, 2.05) is 6.07 Å². The summed E-state index contributed by atoms with van der Waals surface area (Å²) in [4.78, 5) is 0. The van der Waals surface area contributed by atoms with Crippen LogP contribution < -0.4 is 4.72 Å². The molecule has 0 fully saturated rings. The molecular weight excluding hydrogens is 212 g/mol. The second-order valence-electron chi connectivity index (χ2n) is 2.74. The second-order valence-corrected chi connectivity index (χ2v) is 4.99. The van der Waals surface area contributed by atoms with Gasteiger partial charge in [0.25, 0.3) is 0 Å². The summed E-state index contributed by atoms with van der Waals surface area (Å²) in [6.45, 7) is 1.65. The van der Waals surface area contributed by atoms with Crippen LogP contribution in [-0.2, 0) is 10.0 Å². The van der Waals surface area contributed by atoms with Crippen molar-refractivity contribution in [3.8, 4) is 6.07 Å². The quantitative estimate of drug-likeness (QED) is 0.680. The van der Waals surface area contributed by atoms with Gasteiger partial charge in [-0.15, -0.1) is 11.6 Å². The molecule has 4 nitrogen and oxygen atoms in total. The Labute approximate surface area is 83.9 Å². The molecule has 1 unspecified atom stereocenters. The van der Waals surface area contributed by atoms with Crippen LogP contribution in [0.4, 0.5) is 0 Å². The van der Waals surface area contributed by atoms with Gasteiger partial charge in [-0.25, -0.2) is 13.1 Å². The maximum absolute atomic E-state index is 11.2. The summed E-state index contributed by atoms with van der Waals surface area (Å²) in [6, 6.07) is 1.56. The summed E-state index contributed by atoms with van der Waals surface area (Å²) in [5, 5.41) is 8.30. The number of nitrogens with one attached hydrogen (secondary N) is 1. The van der Waals surface area contributed by atoms with Crippen LogP contribution in [0, 0.1) is 11.3 Å². The molecule has 0 aliphatic carbocycles. The molecule has 0 amide bonds. The van der Waals surface area contributed by atoms with Crippen LogP contribution in [0.2, 0.25) is 0 Å². The maximum atomic E-state index is 11.2. The number of rotatable bonds is 6. The average Bonchev–Trinajstić information content (AvgIpc) is 2.00. The van der Waals surface area contributed by atoms with Gasteiger partial charge in [-0.2, -0.15) is 5.26 Å². The summed E-state index contributed by atoms with van der Waals surface area (Å²) in [6.07, 6.45) is 0.607. The van der Waals surface area contributed by atoms with Gasteiger partial charge in [0, 0.05) is 11.9 Å². The smallest absolute Gasteiger partial charge is 0.211 e. The van der Waals surface area contributed by atoms with Gasteiger partial charge in [0.1, 0.15) is 0 Å². The first-order valence-corrected chi connectivity index (χ1v) is 6.13. The predicted molar refractivity (Wildman–Crippen MR) is 52.0 cm³/mol. The van der Waals surface area contributed by atoms with Gasteiger partial charge >= 0.3 is 0 Å². The minimum Gasteiger partial charge on any atom is -0.212 e. The first-order valence-electron chi connectivity index (χ1n) is 3.94. The van der Waals surface area contributed by atoms with Gasteiger partial charge in [0.05, 0.1) is 18.2 Å². The first kappa shape index (κ1) is 12.7. The Morgan fingerprint density at radius 2 is 2.23 bits per heavy atom. The highest BCUT2D eigenvalue weighted by Crippen LogP contribution is 1.96. The van der Waals surface area contributed by atoms with Crippen molar-refractivity contribution in [3.05, 3.63) is 0 Å². The zero-order chi connectivity index (χ0) is 10.3. The van der Waals surface area contributed by atoms with Crippen LogP contribution in [0.5, 0.6) is 0 Å².